The molecule has 1 N–H and O–H groups in total. The zero-order valence-corrected chi connectivity index (χ0v) is 11.8. The summed E-state index contributed by atoms with van der Waals surface area (Å²) in [4.78, 5) is 13.3. The van der Waals surface area contributed by atoms with Crippen LogP contribution >= 0.6 is 15.9 Å². The van der Waals surface area contributed by atoms with Crippen LogP contribution in [0.15, 0.2) is 22.7 Å². The normalized spacial score (nSPS) is 14.8. The summed E-state index contributed by atoms with van der Waals surface area (Å²) in [7, 11) is 2.07. The smallest absolute Gasteiger partial charge is 0.339 e. The van der Waals surface area contributed by atoms with Crippen molar-refractivity contribution < 1.29 is 14.6 Å². The summed E-state index contributed by atoms with van der Waals surface area (Å²) < 4.78 is 6.30. The van der Waals surface area contributed by atoms with Crippen LogP contribution in [-0.2, 0) is 0 Å². The number of halogens is 1. The van der Waals surface area contributed by atoms with Gasteiger partial charge in [0.1, 0.15) is 17.9 Å². The highest BCUT2D eigenvalue weighted by Gasteiger charge is 2.25. The van der Waals surface area contributed by atoms with Gasteiger partial charge in [-0.15, -0.1) is 0 Å². The van der Waals surface area contributed by atoms with Crippen molar-refractivity contribution in [2.24, 2.45) is 0 Å². The Morgan fingerprint density at radius 1 is 1.56 bits per heavy atom. The van der Waals surface area contributed by atoms with Gasteiger partial charge in [0.05, 0.1) is 0 Å². The predicted molar refractivity (Wildman–Crippen MR) is 72.2 cm³/mol. The molecule has 1 aromatic rings. The van der Waals surface area contributed by atoms with E-state index in [4.69, 9.17) is 9.84 Å². The van der Waals surface area contributed by atoms with Crippen LogP contribution in [0, 0.1) is 0 Å². The summed E-state index contributed by atoms with van der Waals surface area (Å²) in [6, 6.07) is 5.72. The van der Waals surface area contributed by atoms with Crippen molar-refractivity contribution in [2.75, 3.05) is 20.2 Å². The van der Waals surface area contributed by atoms with Crippen LogP contribution in [0.4, 0.5) is 0 Å². The van der Waals surface area contributed by atoms with Crippen LogP contribution in [-0.4, -0.2) is 42.2 Å². The highest BCUT2D eigenvalue weighted by molar-refractivity contribution is 9.10. The summed E-state index contributed by atoms with van der Waals surface area (Å²) in [5, 5.41) is 9.09. The number of carboxylic acid groups (broad SMARTS) is 1. The standard InChI is InChI=1S/C13H16BrNO3/c1-15(10-3-4-10)6-7-18-12-5-2-9(14)8-11(12)13(16)17/h2,5,8,10H,3-4,6-7H2,1H3,(H,16,17). The minimum absolute atomic E-state index is 0.193. The highest BCUT2D eigenvalue weighted by atomic mass is 79.9. The number of nitrogens with zero attached hydrogens (tertiary/aromatic N) is 1. The van der Waals surface area contributed by atoms with E-state index in [1.54, 1.807) is 18.2 Å². The summed E-state index contributed by atoms with van der Waals surface area (Å²) >= 11 is 3.26. The molecule has 0 radical (unpaired) electrons. The molecule has 0 bridgehead atoms. The Morgan fingerprint density at radius 2 is 2.28 bits per heavy atom. The number of aromatic carboxylic acids is 1. The maximum absolute atomic E-state index is 11.1. The van der Waals surface area contributed by atoms with E-state index in [1.807, 2.05) is 0 Å². The van der Waals surface area contributed by atoms with Crippen LogP contribution in [0.25, 0.3) is 0 Å². The third kappa shape index (κ3) is 3.46. The van der Waals surface area contributed by atoms with Gasteiger partial charge in [-0.3, -0.25) is 0 Å². The molecular weight excluding hydrogens is 298 g/mol. The summed E-state index contributed by atoms with van der Waals surface area (Å²) in [5.41, 5.74) is 0.193. The van der Waals surface area contributed by atoms with E-state index in [-0.39, 0.29) is 5.56 Å². The molecule has 0 heterocycles. The molecule has 1 aromatic carbocycles. The van der Waals surface area contributed by atoms with E-state index in [2.05, 4.69) is 27.9 Å². The highest BCUT2D eigenvalue weighted by Crippen LogP contribution is 2.26. The summed E-state index contributed by atoms with van der Waals surface area (Å²) in [6.45, 7) is 1.33. The Hall–Kier alpha value is -1.07. The monoisotopic (exact) mass is 313 g/mol. The lowest BCUT2D eigenvalue weighted by Gasteiger charge is -2.16. The van der Waals surface area contributed by atoms with Gasteiger partial charge >= 0.3 is 5.97 Å². The second-order valence-corrected chi connectivity index (χ2v) is 5.42. The summed E-state index contributed by atoms with van der Waals surface area (Å²) in [6.07, 6.45) is 2.52. The Balaban J connectivity index is 1.93. The molecule has 4 nitrogen and oxygen atoms in total. The minimum atomic E-state index is -0.971. The fourth-order valence-corrected chi connectivity index (χ4v) is 2.15. The molecule has 0 aliphatic heterocycles. The van der Waals surface area contributed by atoms with Crippen molar-refractivity contribution in [1.29, 1.82) is 0 Å². The van der Waals surface area contributed by atoms with E-state index in [0.717, 1.165) is 11.0 Å². The Kier molecular flexibility index (Phi) is 4.24. The van der Waals surface area contributed by atoms with E-state index < -0.39 is 5.97 Å². The maximum atomic E-state index is 11.1. The SMILES string of the molecule is CN(CCOc1ccc(Br)cc1C(=O)O)C1CC1. The fraction of sp³-hybridized carbons (Fsp3) is 0.462. The number of likely N-dealkylation sites (N-methyl/N-ethyl adjacent to an activating group) is 1. The molecule has 1 aliphatic rings. The number of carboxylic acids is 1. The van der Waals surface area contributed by atoms with E-state index in [1.165, 1.54) is 12.8 Å². The molecule has 98 valence electrons. The van der Waals surface area contributed by atoms with Gasteiger partial charge in [0.25, 0.3) is 0 Å². The Labute approximate surface area is 115 Å². The molecule has 0 aromatic heterocycles. The van der Waals surface area contributed by atoms with E-state index in [0.29, 0.717) is 18.4 Å². The molecule has 18 heavy (non-hydrogen) atoms. The number of ether oxygens (including phenoxy) is 1. The van der Waals surface area contributed by atoms with Crippen molar-refractivity contribution in [3.63, 3.8) is 0 Å². The molecule has 0 saturated heterocycles. The molecule has 1 fully saturated rings. The molecule has 0 atom stereocenters. The van der Waals surface area contributed by atoms with Crippen LogP contribution in [0.1, 0.15) is 23.2 Å². The minimum Gasteiger partial charge on any atom is -0.491 e. The van der Waals surface area contributed by atoms with Gasteiger partial charge in [-0.2, -0.15) is 0 Å². The van der Waals surface area contributed by atoms with Gasteiger partial charge in [0.15, 0.2) is 0 Å². The molecule has 1 aliphatic carbocycles. The van der Waals surface area contributed by atoms with Gasteiger partial charge in [0.2, 0.25) is 0 Å². The van der Waals surface area contributed by atoms with Crippen LogP contribution < -0.4 is 4.74 Å². The van der Waals surface area contributed by atoms with Crippen LogP contribution in [0.3, 0.4) is 0 Å². The van der Waals surface area contributed by atoms with Crippen molar-refractivity contribution in [1.82, 2.24) is 4.90 Å². The third-order valence-electron chi connectivity index (χ3n) is 3.04. The lowest BCUT2D eigenvalue weighted by atomic mass is 10.2. The predicted octanol–water partition coefficient (Wildman–Crippen LogP) is 2.62. The van der Waals surface area contributed by atoms with Gasteiger partial charge < -0.3 is 14.7 Å². The molecule has 0 unspecified atom stereocenters. The molecule has 5 heteroatoms. The van der Waals surface area contributed by atoms with E-state index in [9.17, 15) is 4.79 Å². The molecule has 2 rings (SSSR count). The molecule has 0 amide bonds. The third-order valence-corrected chi connectivity index (χ3v) is 3.54. The van der Waals surface area contributed by atoms with Crippen molar-refractivity contribution in [3.8, 4) is 5.75 Å². The maximum Gasteiger partial charge on any atom is 0.339 e. The number of hydrogen-bond donors (Lipinski definition) is 1. The number of carbonyl (C=O) groups is 1. The quantitative estimate of drug-likeness (QED) is 0.877. The van der Waals surface area contributed by atoms with Crippen LogP contribution in [0.2, 0.25) is 0 Å². The first-order valence-corrected chi connectivity index (χ1v) is 6.73. The summed E-state index contributed by atoms with van der Waals surface area (Å²) in [5.74, 6) is -0.545. The van der Waals surface area contributed by atoms with Crippen molar-refractivity contribution in [3.05, 3.63) is 28.2 Å². The topological polar surface area (TPSA) is 49.8 Å². The number of benzene rings is 1. The average Bonchev–Trinajstić information content (AvgIpc) is 3.14. The molecule has 0 spiro atoms. The first-order valence-electron chi connectivity index (χ1n) is 5.94. The van der Waals surface area contributed by atoms with Gasteiger partial charge in [-0.25, -0.2) is 4.79 Å². The largest absolute Gasteiger partial charge is 0.491 e. The average molecular weight is 314 g/mol. The van der Waals surface area contributed by atoms with E-state index >= 15 is 0 Å². The van der Waals surface area contributed by atoms with Crippen molar-refractivity contribution in [2.45, 2.75) is 18.9 Å². The van der Waals surface area contributed by atoms with Crippen molar-refractivity contribution >= 4 is 21.9 Å². The molecule has 1 saturated carbocycles. The zero-order chi connectivity index (χ0) is 13.1. The second kappa shape index (κ2) is 5.71. The zero-order valence-electron chi connectivity index (χ0n) is 10.2. The number of hydrogen-bond acceptors (Lipinski definition) is 3. The second-order valence-electron chi connectivity index (χ2n) is 4.51. The van der Waals surface area contributed by atoms with Gasteiger partial charge in [-0.05, 0) is 38.1 Å². The molecular formula is C13H16BrNO3. The van der Waals surface area contributed by atoms with Gasteiger partial charge in [-0.1, -0.05) is 15.9 Å². The lowest BCUT2D eigenvalue weighted by Crippen LogP contribution is -2.26. The first kappa shape index (κ1) is 13.4. The number of rotatable bonds is 6. The Morgan fingerprint density at radius 3 is 2.89 bits per heavy atom. The first-order chi connectivity index (χ1) is 8.58. The lowest BCUT2D eigenvalue weighted by molar-refractivity contribution is 0.0691. The fourth-order valence-electron chi connectivity index (χ4n) is 1.79. The van der Waals surface area contributed by atoms with Crippen LogP contribution in [0.5, 0.6) is 5.75 Å². The Bertz CT molecular complexity index is 446. The van der Waals surface area contributed by atoms with Gasteiger partial charge in [0, 0.05) is 17.1 Å².